The van der Waals surface area contributed by atoms with E-state index in [4.69, 9.17) is 9.47 Å². The van der Waals surface area contributed by atoms with Crippen LogP contribution >= 0.6 is 0 Å². The lowest BCUT2D eigenvalue weighted by atomic mass is 10.1. The van der Waals surface area contributed by atoms with Crippen LogP contribution in [0, 0.1) is 11.6 Å². The minimum Gasteiger partial charge on any atom is -0.494 e. The van der Waals surface area contributed by atoms with Crippen LogP contribution in [0.5, 0.6) is 11.5 Å². The molecule has 0 spiro atoms. The summed E-state index contributed by atoms with van der Waals surface area (Å²) in [6.45, 7) is 3.36. The van der Waals surface area contributed by atoms with Crippen LogP contribution in [0.15, 0.2) is 61.4 Å². The van der Waals surface area contributed by atoms with E-state index in [9.17, 15) is 13.6 Å². The number of nitrogens with zero attached hydrogens (tertiary/aromatic N) is 3. The fraction of sp³-hybridized carbons (Fsp3) is 0.160. The van der Waals surface area contributed by atoms with Gasteiger partial charge in [-0.25, -0.2) is 18.7 Å². The first-order valence-corrected chi connectivity index (χ1v) is 10.4. The Bertz CT molecular complexity index is 1360. The van der Waals surface area contributed by atoms with Gasteiger partial charge in [-0.1, -0.05) is 24.8 Å². The molecule has 9 heteroatoms. The molecule has 34 heavy (non-hydrogen) atoms. The number of rotatable bonds is 8. The van der Waals surface area contributed by atoms with Gasteiger partial charge in [0.05, 0.1) is 43.6 Å². The van der Waals surface area contributed by atoms with Crippen LogP contribution in [0.25, 0.3) is 11.0 Å². The van der Waals surface area contributed by atoms with Gasteiger partial charge in [-0.2, -0.15) is 0 Å². The largest absolute Gasteiger partial charge is 0.494 e. The Labute approximate surface area is 194 Å². The number of carbonyl (C=O) groups is 1. The number of benzene rings is 2. The van der Waals surface area contributed by atoms with Crippen LogP contribution in [-0.4, -0.2) is 34.7 Å². The number of nitrogens with one attached hydrogen (secondary N) is 1. The van der Waals surface area contributed by atoms with Crippen LogP contribution in [-0.2, 0) is 17.8 Å². The fourth-order valence-electron chi connectivity index (χ4n) is 3.63. The summed E-state index contributed by atoms with van der Waals surface area (Å²) >= 11 is 0. The predicted molar refractivity (Wildman–Crippen MR) is 124 cm³/mol. The molecule has 174 valence electrons. The SMILES string of the molecule is C=CC(=O)Nc1ccccc1Cc1ncc2c(ccn2Cc2c(F)c(OC)cc(OC)c2F)n1. The van der Waals surface area contributed by atoms with Crippen molar-refractivity contribution < 1.29 is 23.0 Å². The summed E-state index contributed by atoms with van der Waals surface area (Å²) < 4.78 is 41.3. The molecule has 0 fully saturated rings. The van der Waals surface area contributed by atoms with E-state index < -0.39 is 11.6 Å². The normalized spacial score (nSPS) is 10.8. The lowest BCUT2D eigenvalue weighted by Gasteiger charge is -2.14. The Morgan fingerprint density at radius 2 is 1.85 bits per heavy atom. The molecule has 4 aromatic rings. The first kappa shape index (κ1) is 22.9. The van der Waals surface area contributed by atoms with Crippen LogP contribution < -0.4 is 14.8 Å². The van der Waals surface area contributed by atoms with Gasteiger partial charge >= 0.3 is 0 Å². The molecule has 1 N–H and O–H groups in total. The van der Waals surface area contributed by atoms with Crippen molar-refractivity contribution in [3.63, 3.8) is 0 Å². The number of hydrogen-bond acceptors (Lipinski definition) is 5. The third kappa shape index (κ3) is 4.45. The number of fused-ring (bicyclic) bond motifs is 1. The number of methoxy groups -OCH3 is 2. The fourth-order valence-corrected chi connectivity index (χ4v) is 3.63. The zero-order valence-electron chi connectivity index (χ0n) is 18.6. The molecule has 0 bridgehead atoms. The number of carbonyl (C=O) groups excluding carboxylic acids is 1. The zero-order valence-corrected chi connectivity index (χ0v) is 18.6. The summed E-state index contributed by atoms with van der Waals surface area (Å²) in [5.41, 5.74) is 2.52. The maximum atomic E-state index is 14.8. The summed E-state index contributed by atoms with van der Waals surface area (Å²) in [7, 11) is 2.61. The summed E-state index contributed by atoms with van der Waals surface area (Å²) in [5, 5.41) is 2.77. The molecular weight excluding hydrogens is 442 g/mol. The van der Waals surface area contributed by atoms with E-state index >= 15 is 0 Å². The van der Waals surface area contributed by atoms with Gasteiger partial charge in [-0.15, -0.1) is 0 Å². The van der Waals surface area contributed by atoms with Crippen LogP contribution in [0.1, 0.15) is 17.0 Å². The van der Waals surface area contributed by atoms with Crippen molar-refractivity contribution in [1.29, 1.82) is 0 Å². The third-order valence-corrected chi connectivity index (χ3v) is 5.37. The molecule has 0 saturated heterocycles. The molecule has 4 rings (SSSR count). The Balaban J connectivity index is 1.64. The molecule has 0 radical (unpaired) electrons. The number of halogens is 2. The molecule has 0 saturated carbocycles. The first-order valence-electron chi connectivity index (χ1n) is 10.4. The number of ether oxygens (including phenoxy) is 2. The topological polar surface area (TPSA) is 78.3 Å². The second-order valence-electron chi connectivity index (χ2n) is 7.42. The maximum absolute atomic E-state index is 14.8. The van der Waals surface area contributed by atoms with Gasteiger partial charge in [0.25, 0.3) is 0 Å². The van der Waals surface area contributed by atoms with Crippen molar-refractivity contribution in [2.24, 2.45) is 0 Å². The van der Waals surface area contributed by atoms with Gasteiger partial charge in [-0.3, -0.25) is 4.79 Å². The Hall–Kier alpha value is -4.27. The third-order valence-electron chi connectivity index (χ3n) is 5.37. The lowest BCUT2D eigenvalue weighted by molar-refractivity contribution is -0.111. The summed E-state index contributed by atoms with van der Waals surface area (Å²) in [4.78, 5) is 20.7. The Morgan fingerprint density at radius 3 is 2.53 bits per heavy atom. The second-order valence-corrected chi connectivity index (χ2v) is 7.42. The highest BCUT2D eigenvalue weighted by Crippen LogP contribution is 2.32. The first-order chi connectivity index (χ1) is 16.4. The molecule has 0 unspecified atom stereocenters. The molecule has 0 aliphatic rings. The van der Waals surface area contributed by atoms with Gasteiger partial charge < -0.3 is 19.4 Å². The molecule has 0 atom stereocenters. The van der Waals surface area contributed by atoms with E-state index in [1.165, 1.54) is 26.4 Å². The quantitative estimate of drug-likeness (QED) is 0.389. The minimum absolute atomic E-state index is 0.103. The van der Waals surface area contributed by atoms with Crippen molar-refractivity contribution in [1.82, 2.24) is 14.5 Å². The maximum Gasteiger partial charge on any atom is 0.247 e. The monoisotopic (exact) mass is 464 g/mol. The van der Waals surface area contributed by atoms with Crippen molar-refractivity contribution in [3.05, 3.63) is 90.0 Å². The highest BCUT2D eigenvalue weighted by atomic mass is 19.1. The van der Waals surface area contributed by atoms with Crippen LogP contribution in [0.2, 0.25) is 0 Å². The number of amides is 1. The molecular formula is C25H22F2N4O3. The van der Waals surface area contributed by atoms with Crippen molar-refractivity contribution in [2.45, 2.75) is 13.0 Å². The van der Waals surface area contributed by atoms with E-state index in [1.807, 2.05) is 18.2 Å². The molecule has 1 amide bonds. The van der Waals surface area contributed by atoms with Crippen LogP contribution in [0.3, 0.4) is 0 Å². The van der Waals surface area contributed by atoms with Gasteiger partial charge in [0, 0.05) is 24.4 Å². The number of aromatic nitrogens is 3. The van der Waals surface area contributed by atoms with Gasteiger partial charge in [-0.05, 0) is 23.8 Å². The average molecular weight is 464 g/mol. The zero-order chi connectivity index (χ0) is 24.2. The molecule has 2 aromatic carbocycles. The summed E-state index contributed by atoms with van der Waals surface area (Å²) in [6.07, 6.45) is 4.87. The van der Waals surface area contributed by atoms with Gasteiger partial charge in [0.1, 0.15) is 5.82 Å². The van der Waals surface area contributed by atoms with Crippen molar-refractivity contribution in [3.8, 4) is 11.5 Å². The minimum atomic E-state index is -0.793. The highest BCUT2D eigenvalue weighted by Gasteiger charge is 2.21. The number of para-hydroxylation sites is 1. The van der Waals surface area contributed by atoms with E-state index in [-0.39, 0.29) is 29.5 Å². The van der Waals surface area contributed by atoms with Crippen molar-refractivity contribution in [2.75, 3.05) is 19.5 Å². The summed E-state index contributed by atoms with van der Waals surface area (Å²) in [5.74, 6) is -1.58. The second kappa shape index (κ2) is 9.70. The molecule has 0 aliphatic carbocycles. The smallest absolute Gasteiger partial charge is 0.247 e. The standard InChI is InChI=1S/C25H22F2N4O3/c1-4-23(32)30-17-8-6-5-7-15(17)11-22-28-13-19-18(29-22)9-10-31(19)14-16-24(26)20(33-2)12-21(34-3)25(16)27/h4-10,12-13H,1,11,14H2,2-3H3,(H,30,32). The molecule has 2 heterocycles. The van der Waals surface area contributed by atoms with E-state index in [1.54, 1.807) is 29.1 Å². The number of anilines is 1. The van der Waals surface area contributed by atoms with E-state index in [0.29, 0.717) is 29.0 Å². The number of hydrogen-bond donors (Lipinski definition) is 1. The van der Waals surface area contributed by atoms with Crippen molar-refractivity contribution >= 4 is 22.6 Å². The lowest BCUT2D eigenvalue weighted by Crippen LogP contribution is -2.10. The van der Waals surface area contributed by atoms with Gasteiger partial charge in [0.2, 0.25) is 5.91 Å². The molecule has 7 nitrogen and oxygen atoms in total. The summed E-state index contributed by atoms with van der Waals surface area (Å²) in [6, 6.07) is 10.3. The average Bonchev–Trinajstić information content (AvgIpc) is 3.25. The van der Waals surface area contributed by atoms with Gasteiger partial charge in [0.15, 0.2) is 23.1 Å². The predicted octanol–water partition coefficient (Wildman–Crippen LogP) is 4.49. The highest BCUT2D eigenvalue weighted by molar-refractivity contribution is 5.99. The Morgan fingerprint density at radius 1 is 1.15 bits per heavy atom. The Kier molecular flexibility index (Phi) is 6.53. The molecule has 2 aromatic heterocycles. The van der Waals surface area contributed by atoms with Crippen LogP contribution in [0.4, 0.5) is 14.5 Å². The molecule has 0 aliphatic heterocycles. The van der Waals surface area contributed by atoms with E-state index in [2.05, 4.69) is 21.9 Å². The van der Waals surface area contributed by atoms with E-state index in [0.717, 1.165) is 5.56 Å².